The molecule has 6 nitrogen and oxygen atoms in total. The molecule has 0 heterocycles. The number of carbonyl (C=O) groups is 2. The third-order valence-corrected chi connectivity index (χ3v) is 4.05. The van der Waals surface area contributed by atoms with E-state index in [1.807, 2.05) is 0 Å². The molecule has 0 fully saturated rings. The molecule has 166 valence electrons. The second-order valence-corrected chi connectivity index (χ2v) is 6.93. The Bertz CT molecular complexity index is 636. The van der Waals surface area contributed by atoms with Crippen LogP contribution in [-0.2, 0) is 0 Å². The number of unbranched alkanes of at least 4 members (excludes halogenated alkanes) is 3. The van der Waals surface area contributed by atoms with Crippen LogP contribution in [0.1, 0.15) is 73.1 Å². The second kappa shape index (κ2) is 17.2. The number of rotatable bonds is 9. The maximum absolute atomic E-state index is 10.2. The molecule has 2 rings (SSSR count). The molecule has 2 atom stereocenters. The minimum atomic E-state index is -0.879. The first kappa shape index (κ1) is 27.3. The highest BCUT2D eigenvalue weighted by Gasteiger charge is 2.06. The largest absolute Gasteiger partial charge is 0.478 e. The van der Waals surface area contributed by atoms with Crippen molar-refractivity contribution in [3.05, 3.63) is 71.8 Å². The van der Waals surface area contributed by atoms with Crippen molar-refractivity contribution in [1.29, 1.82) is 0 Å². The molecule has 0 amide bonds. The number of aliphatic hydroxyl groups is 2. The fraction of sp³-hybridized carbons (Fsp3) is 0.417. The molecule has 0 radical (unpaired) electrons. The van der Waals surface area contributed by atoms with Crippen LogP contribution in [0, 0.1) is 0 Å². The molecule has 0 aliphatic heterocycles. The normalized spacial score (nSPS) is 11.7. The Balaban J connectivity index is 0.000000426. The fourth-order valence-corrected chi connectivity index (χ4v) is 2.48. The molecule has 2 unspecified atom stereocenters. The van der Waals surface area contributed by atoms with Crippen LogP contribution in [0.5, 0.6) is 0 Å². The first-order chi connectivity index (χ1) is 14.3. The van der Waals surface area contributed by atoms with Gasteiger partial charge in [0.25, 0.3) is 0 Å². The summed E-state index contributed by atoms with van der Waals surface area (Å²) >= 11 is 0. The van der Waals surface area contributed by atoms with E-state index in [1.165, 1.54) is 19.3 Å². The summed E-state index contributed by atoms with van der Waals surface area (Å²) in [5.41, 5.74) is 0.662. The highest BCUT2D eigenvalue weighted by Crippen LogP contribution is 2.09. The Morgan fingerprint density at radius 1 is 0.767 bits per heavy atom. The lowest BCUT2D eigenvalue weighted by molar-refractivity contribution is 0.0686. The van der Waals surface area contributed by atoms with Crippen LogP contribution in [0.4, 0.5) is 0 Å². The van der Waals surface area contributed by atoms with Gasteiger partial charge in [0, 0.05) is 0 Å². The monoisotopic (exact) mass is 418 g/mol. The number of aliphatic hydroxyl groups excluding tert-OH is 2. The fourth-order valence-electron chi connectivity index (χ4n) is 2.48. The van der Waals surface area contributed by atoms with Crippen LogP contribution in [0.2, 0.25) is 0 Å². The van der Waals surface area contributed by atoms with Gasteiger partial charge in [-0.15, -0.1) is 0 Å². The van der Waals surface area contributed by atoms with Crippen molar-refractivity contribution in [3.63, 3.8) is 0 Å². The van der Waals surface area contributed by atoms with Gasteiger partial charge in [0.15, 0.2) is 0 Å². The van der Waals surface area contributed by atoms with Crippen molar-refractivity contribution in [3.8, 4) is 0 Å². The van der Waals surface area contributed by atoms with E-state index in [9.17, 15) is 14.7 Å². The minimum Gasteiger partial charge on any atom is -0.478 e. The lowest BCUT2D eigenvalue weighted by Crippen LogP contribution is -2.14. The van der Waals surface area contributed by atoms with E-state index in [-0.39, 0.29) is 12.2 Å². The van der Waals surface area contributed by atoms with Crippen LogP contribution in [0.15, 0.2) is 60.7 Å². The molecule has 4 N–H and O–H groups in total. The molecule has 0 bridgehead atoms. The summed E-state index contributed by atoms with van der Waals surface area (Å²) in [7, 11) is 0. The summed E-state index contributed by atoms with van der Waals surface area (Å²) in [5, 5.41) is 35.1. The Labute approximate surface area is 178 Å². The van der Waals surface area contributed by atoms with Gasteiger partial charge in [-0.3, -0.25) is 0 Å². The average molecular weight is 419 g/mol. The van der Waals surface area contributed by atoms with Gasteiger partial charge in [-0.2, -0.15) is 0 Å². The Morgan fingerprint density at radius 2 is 1.20 bits per heavy atom. The highest BCUT2D eigenvalue weighted by molar-refractivity contribution is 5.87. The van der Waals surface area contributed by atoms with Crippen molar-refractivity contribution in [2.24, 2.45) is 0 Å². The number of hydrogen-bond donors (Lipinski definition) is 4. The quantitative estimate of drug-likeness (QED) is 0.432. The lowest BCUT2D eigenvalue weighted by atomic mass is 10.1. The second-order valence-electron chi connectivity index (χ2n) is 6.93. The first-order valence-electron chi connectivity index (χ1n) is 10.2. The van der Waals surface area contributed by atoms with Crippen LogP contribution < -0.4 is 0 Å². The van der Waals surface area contributed by atoms with Crippen molar-refractivity contribution in [2.45, 2.75) is 64.6 Å². The number of aromatic carboxylic acids is 2. The van der Waals surface area contributed by atoms with Crippen LogP contribution >= 0.6 is 0 Å². The molecule has 30 heavy (non-hydrogen) atoms. The third-order valence-electron chi connectivity index (χ3n) is 4.05. The Kier molecular flexibility index (Phi) is 15.6. The number of carboxylic acid groups (broad SMARTS) is 2. The smallest absolute Gasteiger partial charge is 0.335 e. The predicted octanol–water partition coefficient (Wildman–Crippen LogP) is 4.86. The molecular formula is C24H34O6. The zero-order valence-corrected chi connectivity index (χ0v) is 17.8. The van der Waals surface area contributed by atoms with E-state index in [0.717, 1.165) is 12.8 Å². The summed E-state index contributed by atoms with van der Waals surface area (Å²) in [5.74, 6) is -1.76. The SMILES string of the molecule is CCCCCCC(O)CC(C)O.O=C(O)c1ccccc1.O=C(O)c1ccccc1. The molecule has 0 aliphatic rings. The van der Waals surface area contributed by atoms with Crippen LogP contribution in [0.3, 0.4) is 0 Å². The number of carboxylic acids is 2. The van der Waals surface area contributed by atoms with E-state index in [0.29, 0.717) is 17.5 Å². The first-order valence-corrected chi connectivity index (χ1v) is 10.2. The van der Waals surface area contributed by atoms with Gasteiger partial charge in [0.2, 0.25) is 0 Å². The van der Waals surface area contributed by atoms with Gasteiger partial charge in [0.1, 0.15) is 0 Å². The van der Waals surface area contributed by atoms with E-state index in [4.69, 9.17) is 15.3 Å². The van der Waals surface area contributed by atoms with Crippen LogP contribution in [0.25, 0.3) is 0 Å². The zero-order valence-electron chi connectivity index (χ0n) is 17.8. The van der Waals surface area contributed by atoms with Gasteiger partial charge in [-0.05, 0) is 44.0 Å². The minimum absolute atomic E-state index is 0.304. The van der Waals surface area contributed by atoms with Crippen molar-refractivity contribution in [1.82, 2.24) is 0 Å². The van der Waals surface area contributed by atoms with Gasteiger partial charge in [-0.25, -0.2) is 9.59 Å². The van der Waals surface area contributed by atoms with Gasteiger partial charge in [0.05, 0.1) is 23.3 Å². The molecule has 0 aromatic heterocycles. The Hall–Kier alpha value is -2.70. The van der Waals surface area contributed by atoms with Gasteiger partial charge in [-0.1, -0.05) is 69.0 Å². The molecule has 0 saturated heterocycles. The van der Waals surface area contributed by atoms with Crippen LogP contribution in [-0.4, -0.2) is 44.6 Å². The number of benzene rings is 2. The van der Waals surface area contributed by atoms with E-state index in [2.05, 4.69) is 6.92 Å². The van der Waals surface area contributed by atoms with Gasteiger partial charge >= 0.3 is 11.9 Å². The predicted molar refractivity (Wildman–Crippen MR) is 118 cm³/mol. The highest BCUT2D eigenvalue weighted by atomic mass is 16.4. The van der Waals surface area contributed by atoms with Crippen molar-refractivity contribution in [2.75, 3.05) is 0 Å². The summed E-state index contributed by atoms with van der Waals surface area (Å²) in [6, 6.07) is 16.6. The van der Waals surface area contributed by atoms with E-state index < -0.39 is 11.9 Å². The van der Waals surface area contributed by atoms with Gasteiger partial charge < -0.3 is 20.4 Å². The summed E-state index contributed by atoms with van der Waals surface area (Å²) in [6.45, 7) is 3.89. The topological polar surface area (TPSA) is 115 Å². The standard InChI is InChI=1S/C10H22O2.2C7H6O2/c1-3-4-5-6-7-10(12)8-9(2)11;2*8-7(9)6-4-2-1-3-5-6/h9-12H,3-8H2,1-2H3;2*1-5H,(H,8,9). The molecule has 6 heteroatoms. The third kappa shape index (κ3) is 15.2. The molecular weight excluding hydrogens is 384 g/mol. The average Bonchev–Trinajstić information content (AvgIpc) is 2.73. The Morgan fingerprint density at radius 3 is 1.50 bits per heavy atom. The maximum Gasteiger partial charge on any atom is 0.335 e. The maximum atomic E-state index is 10.2. The molecule has 0 spiro atoms. The van der Waals surface area contributed by atoms with Crippen molar-refractivity contribution >= 4 is 11.9 Å². The summed E-state index contributed by atoms with van der Waals surface area (Å²) in [6.07, 6.45) is 5.45. The van der Waals surface area contributed by atoms with E-state index in [1.54, 1.807) is 67.6 Å². The molecule has 0 saturated carbocycles. The molecule has 0 aliphatic carbocycles. The molecule has 2 aromatic carbocycles. The summed E-state index contributed by atoms with van der Waals surface area (Å²) in [4.78, 5) is 20.4. The van der Waals surface area contributed by atoms with E-state index >= 15 is 0 Å². The lowest BCUT2D eigenvalue weighted by Gasteiger charge is -2.11. The van der Waals surface area contributed by atoms with Crippen molar-refractivity contribution < 1.29 is 30.0 Å². The summed E-state index contributed by atoms with van der Waals surface area (Å²) < 4.78 is 0. The zero-order chi connectivity index (χ0) is 22.8. The number of hydrogen-bond acceptors (Lipinski definition) is 4. The molecule has 2 aromatic rings.